The van der Waals surface area contributed by atoms with Gasteiger partial charge in [0.1, 0.15) is 6.61 Å². The zero-order valence-electron chi connectivity index (χ0n) is 14.1. The van der Waals surface area contributed by atoms with E-state index in [4.69, 9.17) is 34.4 Å². The molecule has 0 aromatic carbocycles. The van der Waals surface area contributed by atoms with E-state index in [1.807, 2.05) is 6.92 Å². The van der Waals surface area contributed by atoms with E-state index in [2.05, 4.69) is 4.74 Å². The normalized spacial score (nSPS) is 7.35. The Labute approximate surface area is 146 Å². The Kier molecular flexibility index (Phi) is 41.0. The zero-order chi connectivity index (χ0) is 18.6. The SMILES string of the molecule is CC(=O)[O-].CC(=O)[O-].CC(=O)[O-].CCCOCCOC(C)=O.[Al+3]. The second-order valence-electron chi connectivity index (χ2n) is 3.43. The molecule has 0 aromatic rings. The van der Waals surface area contributed by atoms with Crippen molar-refractivity contribution in [1.82, 2.24) is 0 Å². The largest absolute Gasteiger partial charge is 3.00 e. The smallest absolute Gasteiger partial charge is 0.550 e. The molecule has 0 amide bonds. The quantitative estimate of drug-likeness (QED) is 0.284. The molecule has 132 valence electrons. The van der Waals surface area contributed by atoms with Crippen molar-refractivity contribution in [3.8, 4) is 0 Å². The predicted octanol–water partition coefficient (Wildman–Crippen LogP) is -3.14. The van der Waals surface area contributed by atoms with Crippen LogP contribution in [0.25, 0.3) is 0 Å². The van der Waals surface area contributed by atoms with Crippen molar-refractivity contribution < 1.29 is 44.0 Å². The second-order valence-corrected chi connectivity index (χ2v) is 3.43. The molecule has 0 aliphatic heterocycles. The fraction of sp³-hybridized carbons (Fsp3) is 0.692. The van der Waals surface area contributed by atoms with Gasteiger partial charge in [-0.3, -0.25) is 4.79 Å². The summed E-state index contributed by atoms with van der Waals surface area (Å²) in [5, 5.41) is 26.7. The van der Waals surface area contributed by atoms with Crippen molar-refractivity contribution in [1.29, 1.82) is 0 Å². The van der Waals surface area contributed by atoms with Gasteiger partial charge >= 0.3 is 23.3 Å². The average molecular weight is 350 g/mol. The number of ether oxygens (including phenoxy) is 2. The molecule has 0 rings (SSSR count). The van der Waals surface area contributed by atoms with Crippen LogP contribution in [0.2, 0.25) is 0 Å². The van der Waals surface area contributed by atoms with Crippen molar-refractivity contribution >= 4 is 41.2 Å². The summed E-state index contributed by atoms with van der Waals surface area (Å²) in [6.45, 7) is 7.95. The molecule has 9 nitrogen and oxygen atoms in total. The number of hydrogen-bond acceptors (Lipinski definition) is 9. The first-order chi connectivity index (χ1) is 9.97. The Balaban J connectivity index is -0.0000000700. The Morgan fingerprint density at radius 1 is 0.739 bits per heavy atom. The van der Waals surface area contributed by atoms with Gasteiger partial charge in [-0.05, 0) is 27.2 Å². The van der Waals surface area contributed by atoms with Gasteiger partial charge in [0.15, 0.2) is 0 Å². The number of rotatable bonds is 5. The van der Waals surface area contributed by atoms with E-state index in [0.717, 1.165) is 33.8 Å². The van der Waals surface area contributed by atoms with Crippen molar-refractivity contribution in [2.24, 2.45) is 0 Å². The number of hydrogen-bond donors (Lipinski definition) is 0. The average Bonchev–Trinajstić information content (AvgIpc) is 2.26. The summed E-state index contributed by atoms with van der Waals surface area (Å²) in [4.78, 5) is 36.9. The van der Waals surface area contributed by atoms with Crippen molar-refractivity contribution in [3.63, 3.8) is 0 Å². The summed E-state index contributed by atoms with van der Waals surface area (Å²) in [6.07, 6.45) is 1.00. The maximum atomic E-state index is 10.2. The summed E-state index contributed by atoms with van der Waals surface area (Å²) < 4.78 is 9.68. The molecule has 0 heterocycles. The molecule has 0 fully saturated rings. The van der Waals surface area contributed by atoms with E-state index in [9.17, 15) is 4.79 Å². The van der Waals surface area contributed by atoms with Gasteiger partial charge in [0, 0.05) is 31.4 Å². The van der Waals surface area contributed by atoms with Crippen LogP contribution in [0.3, 0.4) is 0 Å². The van der Waals surface area contributed by atoms with Crippen LogP contribution in [0.5, 0.6) is 0 Å². The third-order valence-electron chi connectivity index (χ3n) is 0.881. The molecule has 0 aromatic heterocycles. The molecule has 0 aliphatic carbocycles. The fourth-order valence-corrected chi connectivity index (χ4v) is 0.491. The van der Waals surface area contributed by atoms with Gasteiger partial charge < -0.3 is 39.2 Å². The summed E-state index contributed by atoms with van der Waals surface area (Å²) in [5.41, 5.74) is 0. The third kappa shape index (κ3) is 238. The van der Waals surface area contributed by atoms with Gasteiger partial charge in [0.2, 0.25) is 0 Å². The number of carbonyl (C=O) groups is 4. The van der Waals surface area contributed by atoms with Crippen LogP contribution < -0.4 is 15.3 Å². The topological polar surface area (TPSA) is 156 Å². The van der Waals surface area contributed by atoms with Crippen LogP contribution in [0.15, 0.2) is 0 Å². The zero-order valence-corrected chi connectivity index (χ0v) is 15.2. The van der Waals surface area contributed by atoms with Gasteiger partial charge in [-0.1, -0.05) is 6.92 Å². The van der Waals surface area contributed by atoms with Crippen LogP contribution in [-0.2, 0) is 28.7 Å². The molecule has 0 saturated heterocycles. The molecule has 0 spiro atoms. The second kappa shape index (κ2) is 28.5. The number of carboxylic acids is 3. The summed E-state index contributed by atoms with van der Waals surface area (Å²) in [7, 11) is 0. The number of aliphatic carboxylic acids is 3. The van der Waals surface area contributed by atoms with E-state index in [1.54, 1.807) is 0 Å². The Morgan fingerprint density at radius 3 is 1.26 bits per heavy atom. The first-order valence-electron chi connectivity index (χ1n) is 6.21. The number of carbonyl (C=O) groups excluding carboxylic acids is 4. The standard InChI is InChI=1S/C7H14O3.3C2H4O2.Al/c1-3-4-9-5-6-10-7(2)8;3*1-2(3)4;/h3-6H2,1-2H3;3*1H3,(H,3,4);/q;;;;+3/p-3. The monoisotopic (exact) mass is 350 g/mol. The Morgan fingerprint density at radius 2 is 1.04 bits per heavy atom. The van der Waals surface area contributed by atoms with Crippen molar-refractivity contribution in [3.05, 3.63) is 0 Å². The number of carboxylic acid groups (broad SMARTS) is 3. The van der Waals surface area contributed by atoms with Crippen LogP contribution in [0, 0.1) is 0 Å². The minimum atomic E-state index is -1.08. The van der Waals surface area contributed by atoms with Crippen LogP contribution in [0.4, 0.5) is 0 Å². The summed E-state index contributed by atoms with van der Waals surface area (Å²) >= 11 is 0. The predicted molar refractivity (Wildman–Crippen MR) is 75.5 cm³/mol. The molecule has 0 atom stereocenters. The molecule has 0 radical (unpaired) electrons. The van der Waals surface area contributed by atoms with E-state index in [0.29, 0.717) is 13.2 Å². The van der Waals surface area contributed by atoms with Gasteiger partial charge in [-0.15, -0.1) is 0 Å². The van der Waals surface area contributed by atoms with E-state index in [-0.39, 0.29) is 23.3 Å². The maximum absolute atomic E-state index is 10.2. The van der Waals surface area contributed by atoms with Gasteiger partial charge in [-0.2, -0.15) is 0 Å². The summed E-state index contributed by atoms with van der Waals surface area (Å²) in [5.74, 6) is -3.50. The molecule has 0 saturated carbocycles. The Bertz CT molecular complexity index is 265. The van der Waals surface area contributed by atoms with Gasteiger partial charge in [0.25, 0.3) is 0 Å². The van der Waals surface area contributed by atoms with Crippen LogP contribution in [0.1, 0.15) is 41.0 Å². The molecular formula is C13H23AlO9. The first kappa shape index (κ1) is 33.1. The minimum absolute atomic E-state index is 0. The maximum Gasteiger partial charge on any atom is 3.00 e. The fourth-order valence-electron chi connectivity index (χ4n) is 0.491. The van der Waals surface area contributed by atoms with Gasteiger partial charge in [-0.25, -0.2) is 0 Å². The van der Waals surface area contributed by atoms with Gasteiger partial charge in [0.05, 0.1) is 6.61 Å². The van der Waals surface area contributed by atoms with E-state index < -0.39 is 17.9 Å². The Hall–Kier alpha value is -1.63. The summed E-state index contributed by atoms with van der Waals surface area (Å²) in [6, 6.07) is 0. The molecule has 0 aliphatic rings. The number of esters is 1. The van der Waals surface area contributed by atoms with E-state index >= 15 is 0 Å². The molecule has 0 bridgehead atoms. The molecular weight excluding hydrogens is 327 g/mol. The van der Waals surface area contributed by atoms with E-state index in [1.165, 1.54) is 6.92 Å². The molecule has 0 unspecified atom stereocenters. The molecule has 0 N–H and O–H groups in total. The van der Waals surface area contributed by atoms with Crippen molar-refractivity contribution in [2.45, 2.75) is 41.0 Å². The minimum Gasteiger partial charge on any atom is -0.550 e. The first-order valence-corrected chi connectivity index (χ1v) is 6.21. The van der Waals surface area contributed by atoms with Crippen LogP contribution in [-0.4, -0.2) is 61.1 Å². The van der Waals surface area contributed by atoms with Crippen molar-refractivity contribution in [2.75, 3.05) is 19.8 Å². The van der Waals surface area contributed by atoms with Crippen LogP contribution >= 0.6 is 0 Å². The third-order valence-corrected chi connectivity index (χ3v) is 0.881. The molecule has 23 heavy (non-hydrogen) atoms. The molecule has 10 heteroatoms.